The fraction of sp³-hybridized carbons (Fsp3) is 0.545. The number of hydrogen-bond acceptors (Lipinski definition) is 3. The highest BCUT2D eigenvalue weighted by Crippen LogP contribution is 2.22. The van der Waals surface area contributed by atoms with Crippen LogP contribution in [0.3, 0.4) is 0 Å². The predicted octanol–water partition coefficient (Wildman–Crippen LogP) is 3.99. The maximum absolute atomic E-state index is 13.1. The average Bonchev–Trinajstić information content (AvgIpc) is 3.14. The molecule has 27 heavy (non-hydrogen) atoms. The van der Waals surface area contributed by atoms with Crippen molar-refractivity contribution in [3.05, 3.63) is 53.9 Å². The molecule has 0 saturated carbocycles. The summed E-state index contributed by atoms with van der Waals surface area (Å²) in [5.41, 5.74) is 1.83. The van der Waals surface area contributed by atoms with Crippen molar-refractivity contribution in [1.82, 2.24) is 14.7 Å². The van der Waals surface area contributed by atoms with E-state index >= 15 is 0 Å². The summed E-state index contributed by atoms with van der Waals surface area (Å²) in [6, 6.07) is 10.2. The third-order valence-electron chi connectivity index (χ3n) is 5.17. The molecule has 1 aromatic carbocycles. The Hall–Kier alpha value is -2.14. The number of ether oxygens (including phenoxy) is 1. The topological polar surface area (TPSA) is 47.4 Å². The fourth-order valence-corrected chi connectivity index (χ4v) is 3.51. The van der Waals surface area contributed by atoms with Crippen LogP contribution in [0.4, 0.5) is 0 Å². The molecule has 0 spiro atoms. The Morgan fingerprint density at radius 3 is 2.74 bits per heavy atom. The molecule has 0 aliphatic carbocycles. The Balaban J connectivity index is 1.68. The largest absolute Gasteiger partial charge is 0.371 e. The van der Waals surface area contributed by atoms with E-state index in [9.17, 15) is 4.79 Å². The van der Waals surface area contributed by atoms with Gasteiger partial charge in [0.15, 0.2) is 0 Å². The van der Waals surface area contributed by atoms with Gasteiger partial charge in [0, 0.05) is 19.3 Å². The number of aromatic nitrogens is 2. The van der Waals surface area contributed by atoms with Gasteiger partial charge in [-0.2, -0.15) is 5.10 Å². The molecule has 2 aromatic rings. The summed E-state index contributed by atoms with van der Waals surface area (Å²) in [5.74, 6) is 0.454. The second-order valence-electron chi connectivity index (χ2n) is 7.81. The first kappa shape index (κ1) is 19.6. The SMILES string of the molecule is CCCC[C@@H]1CN(C(=O)c2cnn(Cc3ccccc3)c2)C[C@H](C(C)C)O1. The third-order valence-corrected chi connectivity index (χ3v) is 5.17. The van der Waals surface area contributed by atoms with E-state index in [0.29, 0.717) is 31.1 Å². The number of benzene rings is 1. The van der Waals surface area contributed by atoms with Crippen molar-refractivity contribution in [2.24, 2.45) is 5.92 Å². The lowest BCUT2D eigenvalue weighted by atomic mass is 10.0. The van der Waals surface area contributed by atoms with Crippen LogP contribution < -0.4 is 0 Å². The van der Waals surface area contributed by atoms with Gasteiger partial charge < -0.3 is 9.64 Å². The first-order chi connectivity index (χ1) is 13.1. The number of carbonyl (C=O) groups excluding carboxylic acids is 1. The molecule has 5 nitrogen and oxygen atoms in total. The van der Waals surface area contributed by atoms with Crippen LogP contribution in [0.1, 0.15) is 56.0 Å². The minimum Gasteiger partial charge on any atom is -0.371 e. The summed E-state index contributed by atoms with van der Waals surface area (Å²) in [4.78, 5) is 15.0. The lowest BCUT2D eigenvalue weighted by molar-refractivity contribution is -0.0962. The molecule has 0 bridgehead atoms. The minimum atomic E-state index is 0.0600. The highest BCUT2D eigenvalue weighted by molar-refractivity contribution is 5.93. The van der Waals surface area contributed by atoms with Gasteiger partial charge in [-0.3, -0.25) is 9.48 Å². The van der Waals surface area contributed by atoms with Gasteiger partial charge >= 0.3 is 0 Å². The number of carbonyl (C=O) groups is 1. The zero-order chi connectivity index (χ0) is 19.2. The zero-order valence-corrected chi connectivity index (χ0v) is 16.7. The van der Waals surface area contributed by atoms with E-state index < -0.39 is 0 Å². The molecule has 1 amide bonds. The van der Waals surface area contributed by atoms with E-state index in [1.54, 1.807) is 6.20 Å². The summed E-state index contributed by atoms with van der Waals surface area (Å²) >= 11 is 0. The molecule has 0 radical (unpaired) electrons. The van der Waals surface area contributed by atoms with Crippen LogP contribution in [0, 0.1) is 5.92 Å². The van der Waals surface area contributed by atoms with Crippen LogP contribution in [-0.2, 0) is 11.3 Å². The molecule has 2 atom stereocenters. The van der Waals surface area contributed by atoms with Gasteiger partial charge in [0.1, 0.15) is 0 Å². The number of morpholine rings is 1. The summed E-state index contributed by atoms with van der Waals surface area (Å²) in [6.45, 7) is 8.51. The Morgan fingerprint density at radius 2 is 2.04 bits per heavy atom. The molecule has 2 heterocycles. The van der Waals surface area contributed by atoms with E-state index in [0.717, 1.165) is 19.3 Å². The Kier molecular flexibility index (Phi) is 6.67. The number of unbranched alkanes of at least 4 members (excludes halogenated alkanes) is 1. The quantitative estimate of drug-likeness (QED) is 0.741. The minimum absolute atomic E-state index is 0.0600. The Bertz CT molecular complexity index is 726. The van der Waals surface area contributed by atoms with Crippen LogP contribution in [0.5, 0.6) is 0 Å². The zero-order valence-electron chi connectivity index (χ0n) is 16.7. The van der Waals surface area contributed by atoms with Crippen LogP contribution >= 0.6 is 0 Å². The van der Waals surface area contributed by atoms with Crippen molar-refractivity contribution in [3.8, 4) is 0 Å². The normalized spacial score (nSPS) is 20.2. The van der Waals surface area contributed by atoms with Crippen LogP contribution in [0.15, 0.2) is 42.7 Å². The number of amides is 1. The standard InChI is InChI=1S/C22H31N3O2/c1-4-5-11-20-15-24(16-21(27-20)17(2)3)22(26)19-12-23-25(14-19)13-18-9-7-6-8-10-18/h6-10,12,14,17,20-21H,4-5,11,13,15-16H2,1-3H3/t20-,21-/m1/s1. The molecule has 3 rings (SSSR count). The summed E-state index contributed by atoms with van der Waals surface area (Å²) in [6.07, 6.45) is 7.07. The maximum Gasteiger partial charge on any atom is 0.257 e. The molecule has 1 aliphatic heterocycles. The lowest BCUT2D eigenvalue weighted by Crippen LogP contribution is -2.51. The monoisotopic (exact) mass is 369 g/mol. The van der Waals surface area contributed by atoms with Crippen LogP contribution in [0.2, 0.25) is 0 Å². The highest BCUT2D eigenvalue weighted by Gasteiger charge is 2.32. The molecule has 1 fully saturated rings. The van der Waals surface area contributed by atoms with Crippen molar-refractivity contribution in [3.63, 3.8) is 0 Å². The number of hydrogen-bond donors (Lipinski definition) is 0. The van der Waals surface area contributed by atoms with Gasteiger partial charge in [-0.05, 0) is 17.9 Å². The van der Waals surface area contributed by atoms with Gasteiger partial charge in [0.2, 0.25) is 0 Å². The first-order valence-corrected chi connectivity index (χ1v) is 10.1. The Labute approximate surface area is 162 Å². The molecular formula is C22H31N3O2. The third kappa shape index (κ3) is 5.19. The van der Waals surface area contributed by atoms with Crippen molar-refractivity contribution in [2.75, 3.05) is 13.1 Å². The van der Waals surface area contributed by atoms with Crippen molar-refractivity contribution in [2.45, 2.75) is 58.8 Å². The first-order valence-electron chi connectivity index (χ1n) is 10.1. The van der Waals surface area contributed by atoms with Gasteiger partial charge in [-0.1, -0.05) is 63.9 Å². The molecule has 0 unspecified atom stereocenters. The predicted molar refractivity (Wildman–Crippen MR) is 107 cm³/mol. The molecular weight excluding hydrogens is 338 g/mol. The van der Waals surface area contributed by atoms with Gasteiger partial charge in [0.25, 0.3) is 5.91 Å². The second-order valence-corrected chi connectivity index (χ2v) is 7.81. The summed E-state index contributed by atoms with van der Waals surface area (Å²) < 4.78 is 8.07. The molecule has 146 valence electrons. The van der Waals surface area contributed by atoms with E-state index in [-0.39, 0.29) is 18.1 Å². The van der Waals surface area contributed by atoms with E-state index in [1.807, 2.05) is 34.0 Å². The second kappa shape index (κ2) is 9.18. The molecule has 0 N–H and O–H groups in total. The van der Waals surface area contributed by atoms with Gasteiger partial charge in [0.05, 0.1) is 30.5 Å². The summed E-state index contributed by atoms with van der Waals surface area (Å²) in [7, 11) is 0. The molecule has 5 heteroatoms. The summed E-state index contributed by atoms with van der Waals surface area (Å²) in [5, 5.41) is 4.39. The van der Waals surface area contributed by atoms with Gasteiger partial charge in [-0.25, -0.2) is 0 Å². The molecule has 1 saturated heterocycles. The smallest absolute Gasteiger partial charge is 0.257 e. The average molecular weight is 370 g/mol. The van der Waals surface area contributed by atoms with Crippen molar-refractivity contribution >= 4 is 5.91 Å². The van der Waals surface area contributed by atoms with E-state index in [4.69, 9.17) is 4.74 Å². The Morgan fingerprint density at radius 1 is 1.26 bits per heavy atom. The van der Waals surface area contributed by atoms with Crippen LogP contribution in [-0.4, -0.2) is 45.9 Å². The van der Waals surface area contributed by atoms with E-state index in [1.165, 1.54) is 5.56 Å². The molecule has 1 aliphatic rings. The van der Waals surface area contributed by atoms with Crippen molar-refractivity contribution in [1.29, 1.82) is 0 Å². The lowest BCUT2D eigenvalue weighted by Gasteiger charge is -2.39. The number of nitrogens with zero attached hydrogens (tertiary/aromatic N) is 3. The fourth-order valence-electron chi connectivity index (χ4n) is 3.51. The number of rotatable bonds is 7. The van der Waals surface area contributed by atoms with Crippen molar-refractivity contribution < 1.29 is 9.53 Å². The van der Waals surface area contributed by atoms with Gasteiger partial charge in [-0.15, -0.1) is 0 Å². The maximum atomic E-state index is 13.1. The molecule has 1 aromatic heterocycles. The van der Waals surface area contributed by atoms with Crippen LogP contribution in [0.25, 0.3) is 0 Å². The highest BCUT2D eigenvalue weighted by atomic mass is 16.5. The van der Waals surface area contributed by atoms with E-state index in [2.05, 4.69) is 38.0 Å².